The van der Waals surface area contributed by atoms with Crippen LogP contribution in [-0.4, -0.2) is 27.2 Å². The Morgan fingerprint density at radius 1 is 1.04 bits per heavy atom. The lowest BCUT2D eigenvalue weighted by Crippen LogP contribution is -2.62. The van der Waals surface area contributed by atoms with E-state index in [2.05, 4.69) is 30.9 Å². The van der Waals surface area contributed by atoms with E-state index in [0.29, 0.717) is 36.4 Å². The number of aliphatic imine (C=N–C) groups is 1. The number of thiocarbonyl (C=S) groups is 1. The zero-order valence-electron chi connectivity index (χ0n) is 15.8. The lowest BCUT2D eigenvalue weighted by Gasteiger charge is -2.63. The quantitative estimate of drug-likeness (QED) is 0.549. The molecule has 7 atom stereocenters. The second-order valence-electron chi connectivity index (χ2n) is 10.1. The largest absolute Gasteiger partial charge is 0.390 e. The molecule has 0 aromatic carbocycles. The van der Waals surface area contributed by atoms with E-state index in [0.717, 1.165) is 44.9 Å². The van der Waals surface area contributed by atoms with Gasteiger partial charge >= 0.3 is 0 Å². The lowest BCUT2D eigenvalue weighted by atomic mass is 9.42. The van der Waals surface area contributed by atoms with Crippen molar-refractivity contribution in [2.75, 3.05) is 0 Å². The van der Waals surface area contributed by atoms with Crippen molar-refractivity contribution in [3.8, 4) is 0 Å². The number of isothiocyanates is 1. The molecule has 4 aliphatic rings. The number of hydrogen-bond donors (Lipinski definition) is 1. The molecule has 1 N–H and O–H groups in total. The van der Waals surface area contributed by atoms with Gasteiger partial charge in [0.05, 0.1) is 16.3 Å². The third-order valence-electron chi connectivity index (χ3n) is 9.44. The van der Waals surface area contributed by atoms with Gasteiger partial charge in [-0.25, -0.2) is 4.99 Å². The van der Waals surface area contributed by atoms with Gasteiger partial charge in [-0.05, 0) is 92.7 Å². The van der Waals surface area contributed by atoms with Gasteiger partial charge in [-0.3, -0.25) is 4.79 Å². The molecule has 0 saturated heterocycles. The first-order valence-corrected chi connectivity index (χ1v) is 10.4. The molecule has 4 fully saturated rings. The maximum absolute atomic E-state index is 12.3. The van der Waals surface area contributed by atoms with Crippen molar-refractivity contribution in [3.05, 3.63) is 0 Å². The molecule has 0 heterocycles. The van der Waals surface area contributed by atoms with Crippen molar-refractivity contribution in [1.29, 1.82) is 0 Å². The Labute approximate surface area is 156 Å². The van der Waals surface area contributed by atoms with E-state index < -0.39 is 5.60 Å². The summed E-state index contributed by atoms with van der Waals surface area (Å²) in [6.45, 7) is 6.75. The number of fused-ring (bicyclic) bond motifs is 5. The summed E-state index contributed by atoms with van der Waals surface area (Å²) < 4.78 is 0. The fourth-order valence-electron chi connectivity index (χ4n) is 7.59. The van der Waals surface area contributed by atoms with Crippen molar-refractivity contribution in [3.63, 3.8) is 0 Å². The van der Waals surface area contributed by atoms with E-state index in [4.69, 9.17) is 12.2 Å². The zero-order chi connectivity index (χ0) is 18.1. The monoisotopic (exact) mass is 361 g/mol. The van der Waals surface area contributed by atoms with E-state index in [1.54, 1.807) is 0 Å². The SMILES string of the molecule is CC1(O)CCC2C3CCC4(N=C=S)CC(=O)CCC4(C)C3CCC21C. The van der Waals surface area contributed by atoms with Gasteiger partial charge < -0.3 is 5.11 Å². The van der Waals surface area contributed by atoms with Crippen LogP contribution < -0.4 is 0 Å². The first-order valence-electron chi connectivity index (χ1n) is 10.0. The average molecular weight is 362 g/mol. The molecule has 0 aliphatic heterocycles. The molecule has 138 valence electrons. The molecule has 0 aromatic heterocycles. The predicted octanol–water partition coefficient (Wildman–Crippen LogP) is 4.57. The van der Waals surface area contributed by atoms with E-state index >= 15 is 0 Å². The van der Waals surface area contributed by atoms with Crippen LogP contribution in [0.15, 0.2) is 4.99 Å². The first kappa shape index (κ1) is 17.8. The number of Topliss-reactive ketones (excluding diaryl/α,β-unsaturated/α-hetero) is 1. The fraction of sp³-hybridized carbons (Fsp3) is 0.905. The first-order chi connectivity index (χ1) is 11.7. The number of hydrogen-bond acceptors (Lipinski definition) is 4. The molecule has 25 heavy (non-hydrogen) atoms. The van der Waals surface area contributed by atoms with Crippen molar-refractivity contribution in [2.45, 2.75) is 89.7 Å². The number of carbonyl (C=O) groups is 1. The number of rotatable bonds is 1. The molecule has 0 bridgehead atoms. The highest BCUT2D eigenvalue weighted by atomic mass is 32.1. The number of carbonyl (C=O) groups excluding carboxylic acids is 1. The predicted molar refractivity (Wildman–Crippen MR) is 102 cm³/mol. The van der Waals surface area contributed by atoms with Crippen molar-refractivity contribution in [1.82, 2.24) is 0 Å². The van der Waals surface area contributed by atoms with Crippen LogP contribution in [0.1, 0.15) is 78.6 Å². The standard InChI is InChI=1S/C21H31NO2S/c1-18-9-6-17-15(16(18)7-10-20(18,3)24)5-11-21(22-13-25)12-14(23)4-8-19(17,21)2/h15-17,24H,4-12H2,1-3H3. The highest BCUT2D eigenvalue weighted by molar-refractivity contribution is 7.78. The molecular weight excluding hydrogens is 330 g/mol. The minimum atomic E-state index is -0.535. The molecule has 0 radical (unpaired) electrons. The second kappa shape index (κ2) is 5.47. The summed E-state index contributed by atoms with van der Waals surface area (Å²) in [6.07, 6.45) is 8.55. The third kappa shape index (κ3) is 2.17. The average Bonchev–Trinajstić information content (AvgIpc) is 2.79. The lowest BCUT2D eigenvalue weighted by molar-refractivity contribution is -0.157. The van der Waals surface area contributed by atoms with Crippen molar-refractivity contribution in [2.24, 2.45) is 33.6 Å². The Morgan fingerprint density at radius 3 is 2.44 bits per heavy atom. The Hall–Kier alpha value is -0.570. The summed E-state index contributed by atoms with van der Waals surface area (Å²) in [5, 5.41) is 13.7. The summed E-state index contributed by atoms with van der Waals surface area (Å²) in [4.78, 5) is 16.9. The molecular formula is C21H31NO2S. The van der Waals surface area contributed by atoms with Gasteiger partial charge in [-0.1, -0.05) is 13.8 Å². The Balaban J connectivity index is 1.73. The number of aliphatic hydroxyl groups is 1. The summed E-state index contributed by atoms with van der Waals surface area (Å²) in [6, 6.07) is 0. The molecule has 3 nitrogen and oxygen atoms in total. The van der Waals surface area contributed by atoms with Crippen molar-refractivity contribution >= 4 is 23.2 Å². The number of nitrogens with zero attached hydrogens (tertiary/aromatic N) is 1. The molecule has 0 spiro atoms. The van der Waals surface area contributed by atoms with Gasteiger partial charge in [-0.15, -0.1) is 0 Å². The summed E-state index contributed by atoms with van der Waals surface area (Å²) >= 11 is 4.99. The molecule has 4 rings (SSSR count). The smallest absolute Gasteiger partial charge is 0.135 e. The minimum absolute atomic E-state index is 0.0441. The van der Waals surface area contributed by atoms with Crippen LogP contribution in [0.4, 0.5) is 0 Å². The van der Waals surface area contributed by atoms with Crippen LogP contribution in [0.2, 0.25) is 0 Å². The van der Waals surface area contributed by atoms with E-state index in [-0.39, 0.29) is 16.4 Å². The van der Waals surface area contributed by atoms with E-state index in [1.165, 1.54) is 0 Å². The normalized spacial score (nSPS) is 54.9. The van der Waals surface area contributed by atoms with Gasteiger partial charge in [-0.2, -0.15) is 0 Å². The maximum atomic E-state index is 12.3. The highest BCUT2D eigenvalue weighted by Gasteiger charge is 2.66. The molecule has 4 saturated carbocycles. The van der Waals surface area contributed by atoms with Crippen LogP contribution in [0.3, 0.4) is 0 Å². The van der Waals surface area contributed by atoms with Gasteiger partial charge in [0, 0.05) is 12.8 Å². The highest BCUT2D eigenvalue weighted by Crippen LogP contribution is 2.69. The van der Waals surface area contributed by atoms with E-state index in [9.17, 15) is 9.90 Å². The molecule has 0 aromatic rings. The van der Waals surface area contributed by atoms with Crippen LogP contribution in [-0.2, 0) is 4.79 Å². The van der Waals surface area contributed by atoms with Crippen LogP contribution in [0.5, 0.6) is 0 Å². The Morgan fingerprint density at radius 2 is 1.72 bits per heavy atom. The Bertz CT molecular complexity index is 654. The van der Waals surface area contributed by atoms with Crippen LogP contribution in [0, 0.1) is 28.6 Å². The van der Waals surface area contributed by atoms with Gasteiger partial charge in [0.1, 0.15) is 5.78 Å². The molecule has 0 amide bonds. The topological polar surface area (TPSA) is 49.7 Å². The Kier molecular flexibility index (Phi) is 3.90. The zero-order valence-corrected chi connectivity index (χ0v) is 16.6. The van der Waals surface area contributed by atoms with Gasteiger partial charge in [0.2, 0.25) is 0 Å². The minimum Gasteiger partial charge on any atom is -0.390 e. The summed E-state index contributed by atoms with van der Waals surface area (Å²) in [7, 11) is 0. The molecule has 4 aliphatic carbocycles. The maximum Gasteiger partial charge on any atom is 0.135 e. The van der Waals surface area contributed by atoms with Crippen molar-refractivity contribution < 1.29 is 9.90 Å². The summed E-state index contributed by atoms with van der Waals surface area (Å²) in [5.41, 5.74) is -0.763. The molecule has 7 unspecified atom stereocenters. The van der Waals surface area contributed by atoms with Crippen LogP contribution >= 0.6 is 12.2 Å². The van der Waals surface area contributed by atoms with Gasteiger partial charge in [0.25, 0.3) is 0 Å². The summed E-state index contributed by atoms with van der Waals surface area (Å²) in [5.74, 6) is 2.19. The van der Waals surface area contributed by atoms with Gasteiger partial charge in [0.15, 0.2) is 0 Å². The fourth-order valence-corrected chi connectivity index (χ4v) is 7.77. The van der Waals surface area contributed by atoms with E-state index in [1.807, 2.05) is 0 Å². The van der Waals surface area contributed by atoms with Crippen LogP contribution in [0.25, 0.3) is 0 Å². The third-order valence-corrected chi connectivity index (χ3v) is 9.54. The number of ketones is 1. The second-order valence-corrected chi connectivity index (χ2v) is 10.2. The molecule has 4 heteroatoms.